The van der Waals surface area contributed by atoms with Crippen LogP contribution in [0, 0.1) is 5.92 Å². The van der Waals surface area contributed by atoms with E-state index in [9.17, 15) is 9.90 Å². The van der Waals surface area contributed by atoms with E-state index in [1.807, 2.05) is 0 Å². The van der Waals surface area contributed by atoms with E-state index in [1.54, 1.807) is 48.9 Å². The summed E-state index contributed by atoms with van der Waals surface area (Å²) in [6, 6.07) is 6.85. The summed E-state index contributed by atoms with van der Waals surface area (Å²) in [5, 5.41) is 13.9. The Labute approximate surface area is 140 Å². The molecule has 6 heteroatoms. The van der Waals surface area contributed by atoms with Crippen LogP contribution in [0.15, 0.2) is 30.5 Å². The summed E-state index contributed by atoms with van der Waals surface area (Å²) >= 11 is 1.59. The Hall–Kier alpha value is -1.92. The number of aromatic nitrogens is 1. The fourth-order valence-corrected chi connectivity index (χ4v) is 3.18. The van der Waals surface area contributed by atoms with Gasteiger partial charge in [-0.15, -0.1) is 11.3 Å². The zero-order valence-corrected chi connectivity index (χ0v) is 14.4. The molecule has 23 heavy (non-hydrogen) atoms. The van der Waals surface area contributed by atoms with Gasteiger partial charge in [0.25, 0.3) is 5.91 Å². The third-order valence-corrected chi connectivity index (χ3v) is 4.30. The van der Waals surface area contributed by atoms with Crippen molar-refractivity contribution in [1.29, 1.82) is 0 Å². The van der Waals surface area contributed by atoms with Crippen molar-refractivity contribution in [3.8, 4) is 5.75 Å². The topological polar surface area (TPSA) is 71.5 Å². The van der Waals surface area contributed by atoms with E-state index < -0.39 is 12.0 Å². The highest BCUT2D eigenvalue weighted by molar-refractivity contribution is 7.11. The average molecular weight is 334 g/mol. The number of aliphatic hydroxyl groups excluding tert-OH is 1. The average Bonchev–Trinajstić information content (AvgIpc) is 2.98. The number of ether oxygens (including phenoxy) is 1. The second-order valence-electron chi connectivity index (χ2n) is 5.72. The van der Waals surface area contributed by atoms with Gasteiger partial charge in [-0.3, -0.25) is 4.79 Å². The van der Waals surface area contributed by atoms with E-state index in [-0.39, 0.29) is 0 Å². The van der Waals surface area contributed by atoms with E-state index in [2.05, 4.69) is 24.1 Å². The van der Waals surface area contributed by atoms with Gasteiger partial charge < -0.3 is 15.2 Å². The van der Waals surface area contributed by atoms with Gasteiger partial charge in [0, 0.05) is 17.5 Å². The normalized spacial score (nSPS) is 12.2. The van der Waals surface area contributed by atoms with E-state index in [0.29, 0.717) is 23.8 Å². The first-order valence-corrected chi connectivity index (χ1v) is 8.34. The molecule has 1 aromatic carbocycles. The van der Waals surface area contributed by atoms with Gasteiger partial charge in [-0.05, 0) is 23.6 Å². The molecule has 1 atom stereocenters. The number of nitrogens with one attached hydrogen (secondary N) is 1. The van der Waals surface area contributed by atoms with E-state index in [0.717, 1.165) is 16.3 Å². The Morgan fingerprint density at radius 3 is 2.91 bits per heavy atom. The van der Waals surface area contributed by atoms with Gasteiger partial charge in [-0.25, -0.2) is 4.98 Å². The summed E-state index contributed by atoms with van der Waals surface area (Å²) in [5.74, 6) is 0.727. The highest BCUT2D eigenvalue weighted by Crippen LogP contribution is 2.20. The van der Waals surface area contributed by atoms with Gasteiger partial charge in [0.15, 0.2) is 6.10 Å². The third-order valence-electron chi connectivity index (χ3n) is 3.28. The molecule has 0 bridgehead atoms. The van der Waals surface area contributed by atoms with Crippen LogP contribution in [-0.4, -0.2) is 23.1 Å². The van der Waals surface area contributed by atoms with E-state index in [1.165, 1.54) is 0 Å². The van der Waals surface area contributed by atoms with Gasteiger partial charge in [0.2, 0.25) is 0 Å². The first-order valence-electron chi connectivity index (χ1n) is 7.53. The smallest absolute Gasteiger partial charge is 0.253 e. The molecule has 1 heterocycles. The SMILES string of the molecule is COc1cccc(C(O)C(=O)NCc2cnc(CC(C)C)s2)c1. The molecule has 124 valence electrons. The Morgan fingerprint density at radius 2 is 2.22 bits per heavy atom. The zero-order valence-electron chi connectivity index (χ0n) is 13.6. The molecule has 0 aliphatic heterocycles. The number of aliphatic hydroxyl groups is 1. The molecule has 5 nitrogen and oxygen atoms in total. The van der Waals surface area contributed by atoms with E-state index >= 15 is 0 Å². The van der Waals surface area contributed by atoms with Crippen molar-refractivity contribution in [2.24, 2.45) is 5.92 Å². The zero-order chi connectivity index (χ0) is 16.8. The monoisotopic (exact) mass is 334 g/mol. The Kier molecular flexibility index (Phi) is 6.12. The number of carbonyl (C=O) groups excluding carboxylic acids is 1. The standard InChI is InChI=1S/C17H22N2O3S/c1-11(2)7-15-18-9-14(23-15)10-19-17(21)16(20)12-5-4-6-13(8-12)22-3/h4-6,8-9,11,16,20H,7,10H2,1-3H3,(H,19,21). The molecule has 1 amide bonds. The van der Waals surface area contributed by atoms with Crippen molar-refractivity contribution in [2.75, 3.05) is 7.11 Å². The van der Waals surface area contributed by atoms with Gasteiger partial charge in [-0.1, -0.05) is 26.0 Å². The highest BCUT2D eigenvalue weighted by Gasteiger charge is 2.18. The number of thiazole rings is 1. The Bertz CT molecular complexity index is 655. The van der Waals surface area contributed by atoms with Crippen molar-refractivity contribution in [1.82, 2.24) is 10.3 Å². The molecule has 2 N–H and O–H groups in total. The maximum atomic E-state index is 12.1. The van der Waals surface area contributed by atoms with Crippen LogP contribution in [0.1, 0.15) is 35.4 Å². The third kappa shape index (κ3) is 5.04. The molecular formula is C17H22N2O3S. The lowest BCUT2D eigenvalue weighted by atomic mass is 10.1. The lowest BCUT2D eigenvalue weighted by molar-refractivity contribution is -0.129. The molecule has 2 aromatic rings. The molecule has 0 aliphatic carbocycles. The largest absolute Gasteiger partial charge is 0.497 e. The van der Waals surface area contributed by atoms with Gasteiger partial charge >= 0.3 is 0 Å². The van der Waals surface area contributed by atoms with Crippen LogP contribution < -0.4 is 10.1 Å². The summed E-state index contributed by atoms with van der Waals surface area (Å²) in [4.78, 5) is 17.4. The molecular weight excluding hydrogens is 312 g/mol. The molecule has 0 saturated heterocycles. The second kappa shape index (κ2) is 8.08. The fraction of sp³-hybridized carbons (Fsp3) is 0.412. The molecule has 0 radical (unpaired) electrons. The van der Waals surface area contributed by atoms with Crippen molar-refractivity contribution >= 4 is 17.2 Å². The number of amides is 1. The van der Waals surface area contributed by atoms with Crippen molar-refractivity contribution in [3.63, 3.8) is 0 Å². The lowest BCUT2D eigenvalue weighted by Crippen LogP contribution is -2.28. The number of carbonyl (C=O) groups is 1. The summed E-state index contributed by atoms with van der Waals surface area (Å²) in [7, 11) is 1.55. The minimum Gasteiger partial charge on any atom is -0.497 e. The highest BCUT2D eigenvalue weighted by atomic mass is 32.1. The minimum atomic E-state index is -1.21. The van der Waals surface area contributed by atoms with Crippen LogP contribution in [0.3, 0.4) is 0 Å². The molecule has 1 aromatic heterocycles. The lowest BCUT2D eigenvalue weighted by Gasteiger charge is -2.12. The van der Waals surface area contributed by atoms with Gasteiger partial charge in [-0.2, -0.15) is 0 Å². The Morgan fingerprint density at radius 1 is 1.43 bits per heavy atom. The van der Waals surface area contributed by atoms with Crippen LogP contribution in [0.25, 0.3) is 0 Å². The van der Waals surface area contributed by atoms with Crippen LogP contribution in [0.5, 0.6) is 5.75 Å². The maximum Gasteiger partial charge on any atom is 0.253 e. The quantitative estimate of drug-likeness (QED) is 0.817. The number of hydrogen-bond acceptors (Lipinski definition) is 5. The fourth-order valence-electron chi connectivity index (χ4n) is 2.11. The van der Waals surface area contributed by atoms with Crippen LogP contribution in [-0.2, 0) is 17.8 Å². The molecule has 0 spiro atoms. The van der Waals surface area contributed by atoms with Gasteiger partial charge in [0.05, 0.1) is 18.7 Å². The van der Waals surface area contributed by atoms with Crippen molar-refractivity contribution in [3.05, 3.63) is 45.9 Å². The molecule has 0 aliphatic rings. The van der Waals surface area contributed by atoms with Crippen LogP contribution in [0.2, 0.25) is 0 Å². The second-order valence-corrected chi connectivity index (χ2v) is 6.91. The summed E-state index contributed by atoms with van der Waals surface area (Å²) in [6.45, 7) is 4.66. The van der Waals surface area contributed by atoms with Crippen LogP contribution in [0.4, 0.5) is 0 Å². The van der Waals surface area contributed by atoms with Crippen molar-refractivity contribution in [2.45, 2.75) is 32.9 Å². The molecule has 0 saturated carbocycles. The number of nitrogens with zero attached hydrogens (tertiary/aromatic N) is 1. The molecule has 0 fully saturated rings. The first-order chi connectivity index (χ1) is 11.0. The summed E-state index contributed by atoms with van der Waals surface area (Å²) in [6.07, 6.45) is 1.50. The van der Waals surface area contributed by atoms with Crippen LogP contribution >= 0.6 is 11.3 Å². The van der Waals surface area contributed by atoms with Crippen molar-refractivity contribution < 1.29 is 14.6 Å². The number of benzene rings is 1. The summed E-state index contributed by atoms with van der Waals surface area (Å²) in [5.41, 5.74) is 0.506. The first kappa shape index (κ1) is 17.4. The Balaban J connectivity index is 1.92. The number of rotatable bonds is 7. The summed E-state index contributed by atoms with van der Waals surface area (Å²) < 4.78 is 5.10. The predicted molar refractivity (Wildman–Crippen MR) is 90.5 cm³/mol. The van der Waals surface area contributed by atoms with E-state index in [4.69, 9.17) is 4.74 Å². The predicted octanol–water partition coefficient (Wildman–Crippen LogP) is 2.70. The minimum absolute atomic E-state index is 0.371. The molecule has 1 unspecified atom stereocenters. The maximum absolute atomic E-state index is 12.1. The number of methoxy groups -OCH3 is 1. The van der Waals surface area contributed by atoms with Gasteiger partial charge in [0.1, 0.15) is 5.75 Å². The molecule has 2 rings (SSSR count). The number of hydrogen-bond donors (Lipinski definition) is 2.